The van der Waals surface area contributed by atoms with E-state index in [9.17, 15) is 9.59 Å². The zero-order valence-electron chi connectivity index (χ0n) is 22.8. The topological polar surface area (TPSA) is 101 Å². The molecule has 0 saturated carbocycles. The van der Waals surface area contributed by atoms with Gasteiger partial charge in [0, 0.05) is 25.4 Å². The molecule has 5 rings (SSSR count). The monoisotopic (exact) mass is 578 g/mol. The Morgan fingerprint density at radius 1 is 1.18 bits per heavy atom. The number of amides is 1. The number of morpholine rings is 1. The quantitative estimate of drug-likeness (QED) is 0.232. The molecule has 2 N–H and O–H groups in total. The number of carbonyl (C=O) groups is 1. The zero-order valence-corrected chi connectivity index (χ0v) is 24.3. The number of hydrogen-bond acceptors (Lipinski definition) is 8. The molecule has 2 aromatic carbocycles. The highest BCUT2D eigenvalue weighted by molar-refractivity contribution is 7.97. The van der Waals surface area contributed by atoms with E-state index >= 15 is 0 Å². The van der Waals surface area contributed by atoms with Gasteiger partial charge in [-0.05, 0) is 43.2 Å². The minimum Gasteiger partial charge on any atom is -0.377 e. The summed E-state index contributed by atoms with van der Waals surface area (Å²) >= 11 is 7.28. The fraction of sp³-hybridized carbons (Fsp3) is 0.310. The van der Waals surface area contributed by atoms with E-state index < -0.39 is 0 Å². The number of hydrogen-bond donors (Lipinski definition) is 2. The van der Waals surface area contributed by atoms with E-state index in [2.05, 4.69) is 32.1 Å². The van der Waals surface area contributed by atoms with E-state index in [1.807, 2.05) is 44.2 Å². The molecule has 1 aliphatic rings. The molecule has 4 aromatic rings. The summed E-state index contributed by atoms with van der Waals surface area (Å²) in [5.41, 5.74) is 4.08. The second-order valence-corrected chi connectivity index (χ2v) is 10.8. The van der Waals surface area contributed by atoms with Crippen LogP contribution in [0.1, 0.15) is 46.2 Å². The lowest BCUT2D eigenvalue weighted by atomic mass is 10.0. The highest BCUT2D eigenvalue weighted by Crippen LogP contribution is 2.30. The Hall–Kier alpha value is -3.60. The van der Waals surface area contributed by atoms with Crippen molar-refractivity contribution < 1.29 is 9.53 Å². The maximum Gasteiger partial charge on any atom is 0.281 e. The lowest BCUT2D eigenvalue weighted by Gasteiger charge is -2.34. The number of carbonyl (C=O) groups excluding carboxylic acids is 1. The van der Waals surface area contributed by atoms with E-state index in [1.165, 1.54) is 11.9 Å². The second-order valence-electron chi connectivity index (χ2n) is 9.77. The van der Waals surface area contributed by atoms with Gasteiger partial charge in [-0.15, -0.1) is 0 Å². The number of nitrogens with zero attached hydrogens (tertiary/aromatic N) is 4. The standard InChI is InChI=1S/C29H31ClN6O3S/c1-17-14-20(18(2)31-22-10-11-24(30)32-26(22)27(37)34-40-4)25-21(15-17)28(38)35(3)29(33-25)36-12-13-39-23(16-36)19-8-6-5-7-9-19/h5-11,14-15,18,23,31H,12-13,16H2,1-4H3,(H,34,37). The van der Waals surface area contributed by atoms with Crippen LogP contribution in [0.15, 0.2) is 59.4 Å². The molecule has 2 unspecified atom stereocenters. The molecular weight excluding hydrogens is 548 g/mol. The van der Waals surface area contributed by atoms with Crippen LogP contribution in [0.25, 0.3) is 10.9 Å². The molecule has 3 heterocycles. The molecule has 0 bridgehead atoms. The van der Waals surface area contributed by atoms with Gasteiger partial charge in [-0.2, -0.15) is 0 Å². The number of nitrogens with one attached hydrogen (secondary N) is 2. The van der Waals surface area contributed by atoms with Crippen LogP contribution in [0.3, 0.4) is 0 Å². The first-order valence-corrected chi connectivity index (χ1v) is 14.6. The van der Waals surface area contributed by atoms with E-state index in [-0.39, 0.29) is 34.5 Å². The smallest absolute Gasteiger partial charge is 0.281 e. The minimum atomic E-state index is -0.353. The van der Waals surface area contributed by atoms with Gasteiger partial charge in [0.1, 0.15) is 11.3 Å². The van der Waals surface area contributed by atoms with Crippen LogP contribution in [0.4, 0.5) is 11.6 Å². The first kappa shape index (κ1) is 27.9. The van der Waals surface area contributed by atoms with Gasteiger partial charge in [-0.25, -0.2) is 9.97 Å². The largest absolute Gasteiger partial charge is 0.377 e. The number of anilines is 2. The van der Waals surface area contributed by atoms with Gasteiger partial charge in [-0.1, -0.05) is 59.9 Å². The molecule has 40 heavy (non-hydrogen) atoms. The summed E-state index contributed by atoms with van der Waals surface area (Å²) in [4.78, 5) is 37.7. The highest BCUT2D eigenvalue weighted by Gasteiger charge is 2.26. The van der Waals surface area contributed by atoms with E-state index in [0.717, 1.165) is 16.7 Å². The number of aromatic nitrogens is 3. The molecule has 2 aromatic heterocycles. The summed E-state index contributed by atoms with van der Waals surface area (Å²) in [5, 5.41) is 4.16. The fourth-order valence-electron chi connectivity index (χ4n) is 5.03. The SMILES string of the molecule is CSNC(=O)c1nc(Cl)ccc1NC(C)c1cc(C)cc2c(=O)n(C)c(N3CCOC(c4ccccc4)C3)nc12. The van der Waals surface area contributed by atoms with Gasteiger partial charge >= 0.3 is 0 Å². The van der Waals surface area contributed by atoms with Crippen molar-refractivity contribution >= 4 is 52.0 Å². The Balaban J connectivity index is 1.54. The predicted molar refractivity (Wildman–Crippen MR) is 161 cm³/mol. The summed E-state index contributed by atoms with van der Waals surface area (Å²) in [7, 11) is 1.76. The molecule has 2 atom stereocenters. The molecule has 1 fully saturated rings. The molecule has 1 aliphatic heterocycles. The van der Waals surface area contributed by atoms with Crippen molar-refractivity contribution in [2.75, 3.05) is 36.2 Å². The molecular formula is C29H31ClN6O3S. The van der Waals surface area contributed by atoms with Crippen LogP contribution in [-0.2, 0) is 11.8 Å². The molecule has 0 spiro atoms. The van der Waals surface area contributed by atoms with Crippen LogP contribution in [-0.4, -0.2) is 46.4 Å². The first-order valence-electron chi connectivity index (χ1n) is 13.0. The summed E-state index contributed by atoms with van der Waals surface area (Å²) in [6.07, 6.45) is 1.64. The average Bonchev–Trinajstić information content (AvgIpc) is 2.96. The molecule has 9 nitrogen and oxygen atoms in total. The highest BCUT2D eigenvalue weighted by atomic mass is 35.5. The third-order valence-electron chi connectivity index (χ3n) is 6.96. The summed E-state index contributed by atoms with van der Waals surface area (Å²) in [6.45, 7) is 5.65. The Kier molecular flexibility index (Phi) is 8.30. The van der Waals surface area contributed by atoms with Crippen molar-refractivity contribution in [2.24, 2.45) is 7.05 Å². The van der Waals surface area contributed by atoms with Crippen molar-refractivity contribution in [2.45, 2.75) is 26.0 Å². The van der Waals surface area contributed by atoms with Gasteiger partial charge in [-0.3, -0.25) is 18.9 Å². The Bertz CT molecular complexity index is 1610. The number of benzene rings is 2. The Morgan fingerprint density at radius 2 is 1.95 bits per heavy atom. The Labute approximate surface area is 242 Å². The van der Waals surface area contributed by atoms with E-state index in [4.69, 9.17) is 21.3 Å². The van der Waals surface area contributed by atoms with Gasteiger partial charge < -0.3 is 15.0 Å². The number of fused-ring (bicyclic) bond motifs is 1. The number of pyridine rings is 1. The summed E-state index contributed by atoms with van der Waals surface area (Å²) in [6, 6.07) is 17.0. The minimum absolute atomic E-state index is 0.118. The first-order chi connectivity index (χ1) is 19.3. The molecule has 0 radical (unpaired) electrons. The van der Waals surface area contributed by atoms with Gasteiger partial charge in [0.15, 0.2) is 5.69 Å². The van der Waals surface area contributed by atoms with Crippen LogP contribution in [0.5, 0.6) is 0 Å². The zero-order chi connectivity index (χ0) is 28.4. The summed E-state index contributed by atoms with van der Waals surface area (Å²) in [5.74, 6) is 0.237. The van der Waals surface area contributed by atoms with Crippen LogP contribution in [0.2, 0.25) is 5.15 Å². The molecule has 208 valence electrons. The van der Waals surface area contributed by atoms with E-state index in [1.54, 1.807) is 30.0 Å². The second kappa shape index (κ2) is 11.9. The van der Waals surface area contributed by atoms with Crippen LogP contribution in [0, 0.1) is 6.92 Å². The third-order valence-corrected chi connectivity index (χ3v) is 7.56. The number of aryl methyl sites for hydroxylation is 1. The number of rotatable bonds is 7. The third kappa shape index (κ3) is 5.65. The van der Waals surface area contributed by atoms with Crippen LogP contribution < -0.4 is 20.5 Å². The lowest BCUT2D eigenvalue weighted by Crippen LogP contribution is -2.41. The van der Waals surface area contributed by atoms with Gasteiger partial charge in [0.05, 0.1) is 35.8 Å². The molecule has 1 saturated heterocycles. The fourth-order valence-corrected chi connectivity index (χ4v) is 5.46. The van der Waals surface area contributed by atoms with Crippen molar-refractivity contribution in [1.29, 1.82) is 0 Å². The molecule has 1 amide bonds. The summed E-state index contributed by atoms with van der Waals surface area (Å²) < 4.78 is 10.4. The Morgan fingerprint density at radius 3 is 2.70 bits per heavy atom. The number of halogens is 1. The molecule has 0 aliphatic carbocycles. The normalized spacial score (nSPS) is 16.1. The van der Waals surface area contributed by atoms with Crippen molar-refractivity contribution in [3.05, 3.63) is 92.5 Å². The van der Waals surface area contributed by atoms with Gasteiger partial charge in [0.25, 0.3) is 11.5 Å². The van der Waals surface area contributed by atoms with Crippen molar-refractivity contribution in [3.8, 4) is 0 Å². The lowest BCUT2D eigenvalue weighted by molar-refractivity contribution is 0.0390. The average molecular weight is 579 g/mol. The van der Waals surface area contributed by atoms with Crippen molar-refractivity contribution in [1.82, 2.24) is 19.3 Å². The van der Waals surface area contributed by atoms with Gasteiger partial charge in [0.2, 0.25) is 5.95 Å². The van der Waals surface area contributed by atoms with Crippen molar-refractivity contribution in [3.63, 3.8) is 0 Å². The maximum absolute atomic E-state index is 13.6. The maximum atomic E-state index is 13.6. The molecule has 11 heteroatoms. The van der Waals surface area contributed by atoms with Crippen LogP contribution >= 0.6 is 23.5 Å². The number of ether oxygens (including phenoxy) is 1. The predicted octanol–water partition coefficient (Wildman–Crippen LogP) is 5.05. The van der Waals surface area contributed by atoms with E-state index in [0.29, 0.717) is 42.2 Å².